The molecule has 7 heterocycles. The quantitative estimate of drug-likeness (QED) is 0.113. The number of thiophene rings is 2. The average Bonchev–Trinajstić information content (AvgIpc) is 4.19. The van der Waals surface area contributed by atoms with Crippen LogP contribution in [-0.4, -0.2) is 52.1 Å². The molecule has 6 N–H and O–H groups in total. The van der Waals surface area contributed by atoms with Crippen LogP contribution in [-0.2, 0) is 5.41 Å². The summed E-state index contributed by atoms with van der Waals surface area (Å²) < 4.78 is 16.1. The van der Waals surface area contributed by atoms with Crippen LogP contribution in [0.3, 0.4) is 0 Å². The molecule has 1 aliphatic rings. The van der Waals surface area contributed by atoms with E-state index in [-0.39, 0.29) is 17.2 Å². The topological polar surface area (TPSA) is 189 Å². The van der Waals surface area contributed by atoms with Crippen molar-refractivity contribution in [2.24, 2.45) is 0 Å². The molecule has 10 rings (SSSR count). The minimum Gasteiger partial charge on any atom is -0.497 e. The average molecular weight is 1030 g/mol. The number of hydrogen-bond donors (Lipinski definition) is 4. The minimum atomic E-state index is -0.124. The highest BCUT2D eigenvalue weighted by molar-refractivity contribution is 7.15. The summed E-state index contributed by atoms with van der Waals surface area (Å²) in [5, 5.41) is 20.1. The number of carbonyl (C=O) groups excluding carboxylic acids is 2. The number of nitrogen functional groups attached to an aromatic ring is 2. The molecule has 20 heteroatoms. The number of nitrogens with one attached hydrogen (secondary N) is 2. The number of halogens is 1. The molecule has 0 saturated carbocycles. The van der Waals surface area contributed by atoms with Crippen LogP contribution in [0.2, 0.25) is 5.02 Å². The summed E-state index contributed by atoms with van der Waals surface area (Å²) in [4.78, 5) is 42.4. The first-order valence-corrected chi connectivity index (χ1v) is 25.8. The summed E-state index contributed by atoms with van der Waals surface area (Å²) in [6.07, 6.45) is 0. The molecule has 67 heavy (non-hydrogen) atoms. The van der Waals surface area contributed by atoms with Gasteiger partial charge < -0.3 is 25.7 Å². The number of benzene rings is 3. The summed E-state index contributed by atoms with van der Waals surface area (Å²) in [5.41, 5.74) is 17.6. The zero-order valence-electron chi connectivity index (χ0n) is 36.4. The van der Waals surface area contributed by atoms with Crippen molar-refractivity contribution < 1.29 is 23.8 Å². The number of amides is 2. The van der Waals surface area contributed by atoms with Gasteiger partial charge in [0.25, 0.3) is 11.8 Å². The third kappa shape index (κ3) is 13.7. The number of ether oxygens (including phenoxy) is 3. The minimum absolute atomic E-state index is 0.0163. The Morgan fingerprint density at radius 2 is 1.15 bits per heavy atom. The predicted octanol–water partition coefficient (Wildman–Crippen LogP) is 13.1. The van der Waals surface area contributed by atoms with Crippen molar-refractivity contribution in [3.8, 4) is 51.0 Å². The number of fused-ring (bicyclic) bond motifs is 1. The maximum atomic E-state index is 12.0. The summed E-state index contributed by atoms with van der Waals surface area (Å²) in [6.45, 7) is 7.41. The Morgan fingerprint density at radius 3 is 1.67 bits per heavy atom. The number of nitrogens with zero attached hydrogens (tertiary/aromatic N) is 4. The lowest BCUT2D eigenvalue weighted by Gasteiger charge is -2.19. The van der Waals surface area contributed by atoms with Crippen LogP contribution in [0.15, 0.2) is 123 Å². The largest absolute Gasteiger partial charge is 0.497 e. The molecule has 9 aromatic rings. The van der Waals surface area contributed by atoms with Gasteiger partial charge in [0.2, 0.25) is 0 Å². The second-order valence-electron chi connectivity index (χ2n) is 14.9. The SMILES string of the molecule is CC(C)(C)c1csc(NC(=O)c2cccs2)n1.COc1ccc(-c2csc(NC(=O)c3cccs3)n2)cc1.Nc1nc(-c2cc3c(cc2Cl)OCCO3)cs1.Nc1nc(-c2ccccc2)cs1. The van der Waals surface area contributed by atoms with E-state index in [1.165, 1.54) is 68.0 Å². The van der Waals surface area contributed by atoms with E-state index < -0.39 is 0 Å². The molecule has 344 valence electrons. The summed E-state index contributed by atoms with van der Waals surface area (Å²) in [7, 11) is 1.63. The molecular formula is C47H43ClN8O5S6. The van der Waals surface area contributed by atoms with Gasteiger partial charge in [0.05, 0.1) is 44.7 Å². The van der Waals surface area contributed by atoms with Crippen LogP contribution in [0.4, 0.5) is 20.5 Å². The lowest BCUT2D eigenvalue weighted by atomic mass is 9.93. The molecule has 3 aromatic carbocycles. The van der Waals surface area contributed by atoms with Gasteiger partial charge in [-0.15, -0.1) is 68.0 Å². The predicted molar refractivity (Wildman–Crippen MR) is 279 cm³/mol. The van der Waals surface area contributed by atoms with Gasteiger partial charge in [0, 0.05) is 49.7 Å². The van der Waals surface area contributed by atoms with Gasteiger partial charge in [-0.3, -0.25) is 20.2 Å². The van der Waals surface area contributed by atoms with Gasteiger partial charge >= 0.3 is 0 Å². The molecule has 0 bridgehead atoms. The lowest BCUT2D eigenvalue weighted by molar-refractivity contribution is 0.102. The normalized spacial score (nSPS) is 11.4. The summed E-state index contributed by atoms with van der Waals surface area (Å²) >= 11 is 14.8. The number of aromatic nitrogens is 4. The highest BCUT2D eigenvalue weighted by Gasteiger charge is 2.19. The molecular weight excluding hydrogens is 984 g/mol. The third-order valence-electron chi connectivity index (χ3n) is 9.11. The molecule has 13 nitrogen and oxygen atoms in total. The van der Waals surface area contributed by atoms with Crippen LogP contribution < -0.4 is 36.3 Å². The first-order valence-electron chi connectivity index (χ1n) is 20.2. The fraction of sp³-hybridized carbons (Fsp3) is 0.149. The van der Waals surface area contributed by atoms with E-state index in [1.807, 2.05) is 105 Å². The van der Waals surface area contributed by atoms with Crippen molar-refractivity contribution in [3.05, 3.63) is 144 Å². The maximum Gasteiger partial charge on any atom is 0.267 e. The van der Waals surface area contributed by atoms with Gasteiger partial charge in [-0.25, -0.2) is 19.9 Å². The van der Waals surface area contributed by atoms with Crippen molar-refractivity contribution >= 4 is 112 Å². The van der Waals surface area contributed by atoms with Crippen molar-refractivity contribution in [2.75, 3.05) is 42.4 Å². The summed E-state index contributed by atoms with van der Waals surface area (Å²) in [6, 6.07) is 28.6. The standard InChI is InChI=1S/C15H12N2O2S2.C12H14N2OS2.C11H9ClN2O2S.C9H8N2S/c1-19-11-6-4-10(5-7-11)12-9-21-15(16-12)17-14(18)13-3-2-8-20-13;1-12(2,3)9-7-17-11(13-9)14-10(15)8-5-4-6-16-8;12-7-4-10-9(15-1-2-16-10)3-6(7)8-5-17-11(13)14-8;10-9-11-8(6-12-9)7-4-2-1-3-5-7/h2-9H,1H3,(H,16,17,18);4-7H,1-3H3,(H,13,14,15);3-5H,1-2H2,(H2,13,14);1-6H,(H2,10,11). The zero-order valence-corrected chi connectivity index (χ0v) is 42.0. The molecule has 6 aromatic heterocycles. The van der Waals surface area contributed by atoms with E-state index in [0.717, 1.165) is 45.2 Å². The van der Waals surface area contributed by atoms with E-state index in [1.54, 1.807) is 25.3 Å². The van der Waals surface area contributed by atoms with Crippen LogP contribution in [0, 0.1) is 0 Å². The second kappa shape index (κ2) is 23.0. The Hall–Kier alpha value is -6.19. The van der Waals surface area contributed by atoms with Crippen molar-refractivity contribution in [1.82, 2.24) is 19.9 Å². The Kier molecular flexibility index (Phi) is 16.7. The Balaban J connectivity index is 0.000000135. The third-order valence-corrected chi connectivity index (χ3v) is 14.0. The summed E-state index contributed by atoms with van der Waals surface area (Å²) in [5.74, 6) is 1.96. The molecule has 0 aliphatic carbocycles. The fourth-order valence-corrected chi connectivity index (χ4v) is 10.0. The lowest BCUT2D eigenvalue weighted by Crippen LogP contribution is -2.15. The first kappa shape index (κ1) is 48.7. The monoisotopic (exact) mass is 1030 g/mol. The molecule has 1 aliphatic heterocycles. The highest BCUT2D eigenvalue weighted by Crippen LogP contribution is 2.40. The highest BCUT2D eigenvalue weighted by atomic mass is 35.5. The number of methoxy groups -OCH3 is 1. The van der Waals surface area contributed by atoms with E-state index in [9.17, 15) is 9.59 Å². The van der Waals surface area contributed by atoms with Crippen LogP contribution in [0.25, 0.3) is 33.8 Å². The van der Waals surface area contributed by atoms with Gasteiger partial charge in [0.15, 0.2) is 32.0 Å². The van der Waals surface area contributed by atoms with Gasteiger partial charge in [0.1, 0.15) is 19.0 Å². The van der Waals surface area contributed by atoms with Crippen LogP contribution >= 0.6 is 79.6 Å². The molecule has 0 saturated heterocycles. The second-order valence-corrected chi connectivity index (χ2v) is 20.7. The molecule has 2 amide bonds. The number of thiazole rings is 4. The molecule has 0 unspecified atom stereocenters. The van der Waals surface area contributed by atoms with Crippen molar-refractivity contribution in [3.63, 3.8) is 0 Å². The Morgan fingerprint density at radius 1 is 0.627 bits per heavy atom. The van der Waals surface area contributed by atoms with E-state index in [0.29, 0.717) is 60.0 Å². The Labute approximate surface area is 416 Å². The fourth-order valence-electron chi connectivity index (χ4n) is 5.73. The van der Waals surface area contributed by atoms with E-state index in [4.69, 9.17) is 37.3 Å². The van der Waals surface area contributed by atoms with E-state index >= 15 is 0 Å². The maximum absolute atomic E-state index is 12.0. The first-order chi connectivity index (χ1) is 32.3. The molecule has 0 spiro atoms. The number of hydrogen-bond acceptors (Lipinski definition) is 17. The molecule has 0 radical (unpaired) electrons. The smallest absolute Gasteiger partial charge is 0.267 e. The zero-order chi connectivity index (χ0) is 47.3. The van der Waals surface area contributed by atoms with Crippen molar-refractivity contribution in [1.29, 1.82) is 0 Å². The van der Waals surface area contributed by atoms with Crippen molar-refractivity contribution in [2.45, 2.75) is 26.2 Å². The van der Waals surface area contributed by atoms with Gasteiger partial charge in [-0.2, -0.15) is 0 Å². The number of carbonyl (C=O) groups is 2. The number of nitrogens with two attached hydrogens (primary N) is 2. The molecule has 0 fully saturated rings. The number of anilines is 4. The van der Waals surface area contributed by atoms with Gasteiger partial charge in [-0.05, 0) is 53.2 Å². The van der Waals surface area contributed by atoms with Crippen LogP contribution in [0.1, 0.15) is 45.8 Å². The van der Waals surface area contributed by atoms with E-state index in [2.05, 4.69) is 51.3 Å². The molecule has 0 atom stereocenters. The number of rotatable bonds is 8. The van der Waals surface area contributed by atoms with Crippen LogP contribution in [0.5, 0.6) is 17.2 Å². The van der Waals surface area contributed by atoms with Gasteiger partial charge in [-0.1, -0.05) is 74.8 Å². The Bertz CT molecular complexity index is 2980.